The number of rotatable bonds is 4. The van der Waals surface area contributed by atoms with Crippen molar-refractivity contribution in [2.45, 2.75) is 19.3 Å². The van der Waals surface area contributed by atoms with E-state index in [9.17, 15) is 4.79 Å². The Morgan fingerprint density at radius 1 is 1.43 bits per heavy atom. The lowest BCUT2D eigenvalue weighted by Crippen LogP contribution is -2.28. The van der Waals surface area contributed by atoms with Crippen LogP contribution in [-0.4, -0.2) is 40.6 Å². The fourth-order valence-electron chi connectivity index (χ4n) is 2.56. The van der Waals surface area contributed by atoms with Gasteiger partial charge in [-0.1, -0.05) is 5.16 Å². The third-order valence-corrected chi connectivity index (χ3v) is 3.63. The summed E-state index contributed by atoms with van der Waals surface area (Å²) in [4.78, 5) is 18.3. The van der Waals surface area contributed by atoms with Gasteiger partial charge in [0, 0.05) is 24.6 Å². The molecule has 0 bridgehead atoms. The van der Waals surface area contributed by atoms with Gasteiger partial charge in [0.15, 0.2) is 5.82 Å². The molecule has 1 aliphatic heterocycles. The second-order valence-corrected chi connectivity index (χ2v) is 4.98. The van der Waals surface area contributed by atoms with E-state index >= 15 is 0 Å². The van der Waals surface area contributed by atoms with Gasteiger partial charge in [0.2, 0.25) is 6.39 Å². The number of carbonyl (C=O) groups excluding carboxylic acids is 1. The highest BCUT2D eigenvalue weighted by Gasteiger charge is 2.30. The zero-order chi connectivity index (χ0) is 14.7. The van der Waals surface area contributed by atoms with Crippen molar-refractivity contribution in [3.05, 3.63) is 42.0 Å². The summed E-state index contributed by atoms with van der Waals surface area (Å²) in [5.41, 5.74) is 0.673. The molecule has 1 unspecified atom stereocenters. The average molecular weight is 287 g/mol. The van der Waals surface area contributed by atoms with E-state index in [0.717, 1.165) is 12.2 Å². The van der Waals surface area contributed by atoms with E-state index in [1.165, 1.54) is 6.39 Å². The maximum atomic E-state index is 12.5. The Labute approximate surface area is 122 Å². The molecular formula is C15H17N3O3. The van der Waals surface area contributed by atoms with Gasteiger partial charge in [-0.3, -0.25) is 4.79 Å². The molecule has 1 aliphatic rings. The Morgan fingerprint density at radius 2 is 2.24 bits per heavy atom. The lowest BCUT2D eigenvalue weighted by atomic mass is 10.1. The van der Waals surface area contributed by atoms with Gasteiger partial charge in [0.25, 0.3) is 5.91 Å². The van der Waals surface area contributed by atoms with Gasteiger partial charge in [0.05, 0.1) is 6.61 Å². The topological polar surface area (TPSA) is 68.5 Å². The number of likely N-dealkylation sites (tertiary alicyclic amines) is 1. The highest BCUT2D eigenvalue weighted by Crippen LogP contribution is 2.26. The maximum Gasteiger partial charge on any atom is 0.253 e. The molecule has 0 radical (unpaired) electrons. The number of hydrogen-bond donors (Lipinski definition) is 0. The predicted molar refractivity (Wildman–Crippen MR) is 75.2 cm³/mol. The number of ether oxygens (including phenoxy) is 1. The lowest BCUT2D eigenvalue weighted by molar-refractivity contribution is 0.0790. The van der Waals surface area contributed by atoms with Crippen LogP contribution in [0.3, 0.4) is 0 Å². The van der Waals surface area contributed by atoms with Crippen LogP contribution in [-0.2, 0) is 0 Å². The van der Waals surface area contributed by atoms with E-state index in [1.807, 2.05) is 24.0 Å². The second kappa shape index (κ2) is 5.95. The summed E-state index contributed by atoms with van der Waals surface area (Å²) in [6.45, 7) is 3.89. The normalized spacial score (nSPS) is 18.0. The molecule has 3 rings (SSSR count). The third-order valence-electron chi connectivity index (χ3n) is 3.63. The predicted octanol–water partition coefficient (Wildman–Crippen LogP) is 2.10. The molecule has 1 saturated heterocycles. The number of benzene rings is 1. The van der Waals surface area contributed by atoms with Crippen LogP contribution < -0.4 is 4.74 Å². The average Bonchev–Trinajstić information content (AvgIpc) is 3.19. The summed E-state index contributed by atoms with van der Waals surface area (Å²) in [7, 11) is 0. The molecule has 0 aliphatic carbocycles. The Morgan fingerprint density at radius 3 is 2.90 bits per heavy atom. The summed E-state index contributed by atoms with van der Waals surface area (Å²) >= 11 is 0. The van der Waals surface area contributed by atoms with Crippen molar-refractivity contribution in [3.8, 4) is 5.75 Å². The zero-order valence-corrected chi connectivity index (χ0v) is 11.9. The molecular weight excluding hydrogens is 270 g/mol. The van der Waals surface area contributed by atoms with Gasteiger partial charge in [-0.25, -0.2) is 0 Å². The standard InChI is InChI=1S/C15H17N3O3/c1-2-20-13-5-3-11(4-6-13)15(19)18-8-7-12(9-18)14-16-10-21-17-14/h3-6,10,12H,2,7-9H2,1H3. The zero-order valence-electron chi connectivity index (χ0n) is 11.9. The molecule has 1 amide bonds. The summed E-state index contributed by atoms with van der Waals surface area (Å²) in [5.74, 6) is 1.65. The lowest BCUT2D eigenvalue weighted by Gasteiger charge is -2.16. The van der Waals surface area contributed by atoms with Crippen LogP contribution in [0.4, 0.5) is 0 Å². The highest BCUT2D eigenvalue weighted by atomic mass is 16.5. The molecule has 0 N–H and O–H groups in total. The SMILES string of the molecule is CCOc1ccc(C(=O)N2CCC(c3ncon3)C2)cc1. The van der Waals surface area contributed by atoms with E-state index in [0.29, 0.717) is 31.1 Å². The van der Waals surface area contributed by atoms with Gasteiger partial charge >= 0.3 is 0 Å². The molecule has 2 aromatic rings. The van der Waals surface area contributed by atoms with Crippen molar-refractivity contribution in [2.24, 2.45) is 0 Å². The van der Waals surface area contributed by atoms with Crippen LogP contribution in [0.25, 0.3) is 0 Å². The van der Waals surface area contributed by atoms with Crippen LogP contribution in [0.1, 0.15) is 35.4 Å². The molecule has 6 heteroatoms. The second-order valence-electron chi connectivity index (χ2n) is 4.98. The highest BCUT2D eigenvalue weighted by molar-refractivity contribution is 5.94. The maximum absolute atomic E-state index is 12.5. The monoisotopic (exact) mass is 287 g/mol. The summed E-state index contributed by atoms with van der Waals surface area (Å²) in [6.07, 6.45) is 2.19. The van der Waals surface area contributed by atoms with E-state index in [4.69, 9.17) is 9.26 Å². The van der Waals surface area contributed by atoms with E-state index < -0.39 is 0 Å². The van der Waals surface area contributed by atoms with Gasteiger partial charge in [-0.15, -0.1) is 0 Å². The van der Waals surface area contributed by atoms with Crippen LogP contribution in [0.15, 0.2) is 35.2 Å². The molecule has 21 heavy (non-hydrogen) atoms. The van der Waals surface area contributed by atoms with Crippen molar-refractivity contribution in [2.75, 3.05) is 19.7 Å². The minimum Gasteiger partial charge on any atom is -0.494 e. The first-order chi connectivity index (χ1) is 10.3. The quantitative estimate of drug-likeness (QED) is 0.861. The van der Waals surface area contributed by atoms with Crippen LogP contribution >= 0.6 is 0 Å². The molecule has 0 spiro atoms. The van der Waals surface area contributed by atoms with E-state index in [2.05, 4.69) is 10.1 Å². The van der Waals surface area contributed by atoms with Crippen molar-refractivity contribution in [1.29, 1.82) is 0 Å². The number of amides is 1. The van der Waals surface area contributed by atoms with Crippen LogP contribution in [0.5, 0.6) is 5.75 Å². The van der Waals surface area contributed by atoms with Crippen LogP contribution in [0, 0.1) is 0 Å². The smallest absolute Gasteiger partial charge is 0.253 e. The molecule has 6 nitrogen and oxygen atoms in total. The fraction of sp³-hybridized carbons (Fsp3) is 0.400. The molecule has 110 valence electrons. The van der Waals surface area contributed by atoms with Gasteiger partial charge in [-0.05, 0) is 37.6 Å². The van der Waals surface area contributed by atoms with Crippen molar-refractivity contribution < 1.29 is 14.1 Å². The number of carbonyl (C=O) groups is 1. The summed E-state index contributed by atoms with van der Waals surface area (Å²) < 4.78 is 10.1. The Kier molecular flexibility index (Phi) is 3.85. The van der Waals surface area contributed by atoms with Crippen molar-refractivity contribution in [1.82, 2.24) is 15.0 Å². The number of nitrogens with zero attached hydrogens (tertiary/aromatic N) is 3. The number of hydrogen-bond acceptors (Lipinski definition) is 5. The van der Waals surface area contributed by atoms with Crippen LogP contribution in [0.2, 0.25) is 0 Å². The van der Waals surface area contributed by atoms with Gasteiger partial charge in [-0.2, -0.15) is 4.98 Å². The largest absolute Gasteiger partial charge is 0.494 e. The Hall–Kier alpha value is -2.37. The first kappa shape index (κ1) is 13.6. The minimum absolute atomic E-state index is 0.0315. The fourth-order valence-corrected chi connectivity index (χ4v) is 2.56. The molecule has 0 saturated carbocycles. The molecule has 2 heterocycles. The molecule has 1 aromatic heterocycles. The first-order valence-electron chi connectivity index (χ1n) is 7.06. The molecule has 1 aromatic carbocycles. The first-order valence-corrected chi connectivity index (χ1v) is 7.06. The van der Waals surface area contributed by atoms with Crippen molar-refractivity contribution in [3.63, 3.8) is 0 Å². The minimum atomic E-state index is 0.0315. The Balaban J connectivity index is 1.66. The summed E-state index contributed by atoms with van der Waals surface area (Å²) in [5, 5.41) is 3.86. The van der Waals surface area contributed by atoms with E-state index in [1.54, 1.807) is 12.1 Å². The number of aromatic nitrogens is 2. The van der Waals surface area contributed by atoms with Gasteiger partial charge in [0.1, 0.15) is 5.75 Å². The van der Waals surface area contributed by atoms with Gasteiger partial charge < -0.3 is 14.2 Å². The Bertz CT molecular complexity index is 595. The molecule has 1 fully saturated rings. The third kappa shape index (κ3) is 2.89. The van der Waals surface area contributed by atoms with Crippen molar-refractivity contribution >= 4 is 5.91 Å². The van der Waals surface area contributed by atoms with E-state index in [-0.39, 0.29) is 11.8 Å². The summed E-state index contributed by atoms with van der Waals surface area (Å²) in [6, 6.07) is 7.25. The molecule has 1 atom stereocenters.